The van der Waals surface area contributed by atoms with Gasteiger partial charge in [0.2, 0.25) is 11.9 Å². The Balaban J connectivity index is 2.79. The summed E-state index contributed by atoms with van der Waals surface area (Å²) in [7, 11) is 4.08. The van der Waals surface area contributed by atoms with Crippen LogP contribution in [0.3, 0.4) is 0 Å². The normalized spacial score (nSPS) is 12.6. The summed E-state index contributed by atoms with van der Waals surface area (Å²) in [5.74, 6) is 1.05. The lowest BCUT2D eigenvalue weighted by atomic mass is 10.3. The van der Waals surface area contributed by atoms with Gasteiger partial charge >= 0.3 is 6.01 Å². The third-order valence-electron chi connectivity index (χ3n) is 2.73. The third-order valence-corrected chi connectivity index (χ3v) is 2.73. The average Bonchev–Trinajstić information content (AvgIpc) is 2.35. The number of rotatable bonds is 8. The molecule has 0 fully saturated rings. The van der Waals surface area contributed by atoms with Gasteiger partial charge < -0.3 is 20.3 Å². The Hall–Kier alpha value is -1.63. The molecule has 0 radical (unpaired) electrons. The predicted molar refractivity (Wildman–Crippen MR) is 81.4 cm³/mol. The maximum atomic E-state index is 5.54. The van der Waals surface area contributed by atoms with E-state index in [0.717, 1.165) is 13.1 Å². The molecule has 0 aliphatic carbocycles. The molecule has 1 aromatic heterocycles. The quantitative estimate of drug-likeness (QED) is 0.747. The van der Waals surface area contributed by atoms with E-state index in [0.29, 0.717) is 23.9 Å². The largest absolute Gasteiger partial charge is 0.461 e. The van der Waals surface area contributed by atoms with Crippen LogP contribution in [0.4, 0.5) is 11.9 Å². The van der Waals surface area contributed by atoms with Crippen LogP contribution in [0.25, 0.3) is 0 Å². The molecule has 0 saturated heterocycles. The fourth-order valence-corrected chi connectivity index (χ4v) is 1.36. The molecular formula is C13H26N6O. The lowest BCUT2D eigenvalue weighted by Crippen LogP contribution is -2.32. The Morgan fingerprint density at radius 2 is 1.65 bits per heavy atom. The molecular weight excluding hydrogens is 256 g/mol. The van der Waals surface area contributed by atoms with Crippen molar-refractivity contribution in [2.75, 3.05) is 37.8 Å². The van der Waals surface area contributed by atoms with Gasteiger partial charge in [-0.3, -0.25) is 0 Å². The fourth-order valence-electron chi connectivity index (χ4n) is 1.36. The van der Waals surface area contributed by atoms with Crippen LogP contribution in [-0.4, -0.2) is 59.2 Å². The van der Waals surface area contributed by atoms with Gasteiger partial charge in [-0.2, -0.15) is 15.0 Å². The smallest absolute Gasteiger partial charge is 0.323 e. The maximum Gasteiger partial charge on any atom is 0.323 e. The van der Waals surface area contributed by atoms with Crippen LogP contribution < -0.4 is 15.4 Å². The molecule has 0 spiro atoms. The molecule has 20 heavy (non-hydrogen) atoms. The Labute approximate surface area is 121 Å². The first kappa shape index (κ1) is 16.4. The second-order valence-electron chi connectivity index (χ2n) is 5.16. The van der Waals surface area contributed by atoms with E-state index >= 15 is 0 Å². The van der Waals surface area contributed by atoms with Crippen LogP contribution in [-0.2, 0) is 0 Å². The molecule has 1 rings (SSSR count). The minimum atomic E-state index is 0.0282. The monoisotopic (exact) mass is 282 g/mol. The highest BCUT2D eigenvalue weighted by molar-refractivity contribution is 5.35. The lowest BCUT2D eigenvalue weighted by Gasteiger charge is -2.20. The van der Waals surface area contributed by atoms with Crippen molar-refractivity contribution >= 4 is 11.9 Å². The number of aromatic nitrogens is 3. The first-order valence-electron chi connectivity index (χ1n) is 6.99. The Morgan fingerprint density at radius 1 is 1.05 bits per heavy atom. The Kier molecular flexibility index (Phi) is 6.44. The molecule has 7 nitrogen and oxygen atoms in total. The number of nitrogens with one attached hydrogen (secondary N) is 2. The van der Waals surface area contributed by atoms with Gasteiger partial charge in [-0.15, -0.1) is 0 Å². The van der Waals surface area contributed by atoms with E-state index in [1.807, 2.05) is 34.9 Å². The third kappa shape index (κ3) is 5.56. The average molecular weight is 282 g/mol. The standard InChI is InChI=1S/C13H26N6O/c1-7-14-11-16-12(15-8-10(4)19(5)6)18-13(17-11)20-9(2)3/h9-10H,7-8H2,1-6H3,(H2,14,15,16,17,18). The molecule has 0 aliphatic rings. The van der Waals surface area contributed by atoms with Crippen molar-refractivity contribution in [2.45, 2.75) is 39.8 Å². The molecule has 0 saturated carbocycles. The maximum absolute atomic E-state index is 5.54. The van der Waals surface area contributed by atoms with Crippen LogP contribution in [0, 0.1) is 0 Å². The number of hydrogen-bond acceptors (Lipinski definition) is 7. The zero-order valence-electron chi connectivity index (χ0n) is 13.3. The predicted octanol–water partition coefficient (Wildman–Crippen LogP) is 1.45. The molecule has 7 heteroatoms. The highest BCUT2D eigenvalue weighted by atomic mass is 16.5. The van der Waals surface area contributed by atoms with Gasteiger partial charge in [-0.05, 0) is 41.8 Å². The van der Waals surface area contributed by atoms with Crippen molar-refractivity contribution in [3.63, 3.8) is 0 Å². The SMILES string of the molecule is CCNc1nc(NCC(C)N(C)C)nc(OC(C)C)n1. The van der Waals surface area contributed by atoms with Crippen molar-refractivity contribution in [3.05, 3.63) is 0 Å². The fraction of sp³-hybridized carbons (Fsp3) is 0.769. The van der Waals surface area contributed by atoms with E-state index in [2.05, 4.69) is 37.4 Å². The van der Waals surface area contributed by atoms with Gasteiger partial charge in [0.05, 0.1) is 6.10 Å². The number of anilines is 2. The first-order chi connectivity index (χ1) is 9.42. The molecule has 2 N–H and O–H groups in total. The van der Waals surface area contributed by atoms with E-state index in [4.69, 9.17) is 4.74 Å². The van der Waals surface area contributed by atoms with Gasteiger partial charge in [0.15, 0.2) is 0 Å². The van der Waals surface area contributed by atoms with Crippen molar-refractivity contribution in [2.24, 2.45) is 0 Å². The highest BCUT2D eigenvalue weighted by Gasteiger charge is 2.10. The van der Waals surface area contributed by atoms with Crippen molar-refractivity contribution in [1.29, 1.82) is 0 Å². The highest BCUT2D eigenvalue weighted by Crippen LogP contribution is 2.12. The van der Waals surface area contributed by atoms with E-state index < -0.39 is 0 Å². The van der Waals surface area contributed by atoms with Gasteiger partial charge in [-0.1, -0.05) is 0 Å². The molecule has 1 aromatic rings. The molecule has 0 bridgehead atoms. The van der Waals surface area contributed by atoms with E-state index in [1.165, 1.54) is 0 Å². The second-order valence-corrected chi connectivity index (χ2v) is 5.16. The minimum absolute atomic E-state index is 0.0282. The minimum Gasteiger partial charge on any atom is -0.461 e. The summed E-state index contributed by atoms with van der Waals surface area (Å²) in [6, 6.07) is 0.717. The summed E-state index contributed by atoms with van der Waals surface area (Å²) < 4.78 is 5.54. The molecule has 114 valence electrons. The van der Waals surface area contributed by atoms with E-state index in [1.54, 1.807) is 0 Å². The van der Waals surface area contributed by atoms with Crippen LogP contribution in [0.15, 0.2) is 0 Å². The Morgan fingerprint density at radius 3 is 2.15 bits per heavy atom. The van der Waals surface area contributed by atoms with Crippen molar-refractivity contribution in [3.8, 4) is 6.01 Å². The molecule has 0 aromatic carbocycles. The summed E-state index contributed by atoms with van der Waals surface area (Å²) in [5, 5.41) is 6.29. The van der Waals surface area contributed by atoms with Crippen molar-refractivity contribution < 1.29 is 4.74 Å². The van der Waals surface area contributed by atoms with Crippen LogP contribution >= 0.6 is 0 Å². The van der Waals surface area contributed by atoms with Gasteiger partial charge in [0.25, 0.3) is 0 Å². The van der Waals surface area contributed by atoms with Gasteiger partial charge in [0.1, 0.15) is 0 Å². The van der Waals surface area contributed by atoms with E-state index in [-0.39, 0.29) is 6.10 Å². The zero-order valence-corrected chi connectivity index (χ0v) is 13.3. The summed E-state index contributed by atoms with van der Waals surface area (Å²) in [6.07, 6.45) is 0.0282. The van der Waals surface area contributed by atoms with Gasteiger partial charge in [0, 0.05) is 19.1 Å². The molecule has 0 amide bonds. The number of ether oxygens (including phenoxy) is 1. The van der Waals surface area contributed by atoms with Crippen LogP contribution in [0.5, 0.6) is 6.01 Å². The number of nitrogens with zero attached hydrogens (tertiary/aromatic N) is 4. The summed E-state index contributed by atoms with van der Waals surface area (Å²) in [6.45, 7) is 9.51. The lowest BCUT2D eigenvalue weighted by molar-refractivity contribution is 0.222. The van der Waals surface area contributed by atoms with Crippen LogP contribution in [0.2, 0.25) is 0 Å². The Bertz CT molecular complexity index is 410. The first-order valence-corrected chi connectivity index (χ1v) is 6.99. The number of likely N-dealkylation sites (N-methyl/N-ethyl adjacent to an activating group) is 1. The molecule has 0 aliphatic heterocycles. The van der Waals surface area contributed by atoms with E-state index in [9.17, 15) is 0 Å². The summed E-state index contributed by atoms with van der Waals surface area (Å²) in [5.41, 5.74) is 0. The summed E-state index contributed by atoms with van der Waals surface area (Å²) in [4.78, 5) is 14.9. The molecule has 1 heterocycles. The van der Waals surface area contributed by atoms with Crippen molar-refractivity contribution in [1.82, 2.24) is 19.9 Å². The topological polar surface area (TPSA) is 75.2 Å². The second kappa shape index (κ2) is 7.84. The molecule has 1 unspecified atom stereocenters. The summed E-state index contributed by atoms with van der Waals surface area (Å²) >= 11 is 0. The zero-order chi connectivity index (χ0) is 15.1. The van der Waals surface area contributed by atoms with Crippen LogP contribution in [0.1, 0.15) is 27.7 Å². The van der Waals surface area contributed by atoms with Gasteiger partial charge in [-0.25, -0.2) is 0 Å². The number of hydrogen-bond donors (Lipinski definition) is 2. The molecule has 1 atom stereocenters.